The maximum Gasteiger partial charge on any atom is 0.223 e. The summed E-state index contributed by atoms with van der Waals surface area (Å²) in [5, 5.41) is 9.79. The average molecular weight is 289 g/mol. The van der Waals surface area contributed by atoms with Gasteiger partial charge in [-0.2, -0.15) is 0 Å². The molecular weight excluding hydrogens is 266 g/mol. The van der Waals surface area contributed by atoms with Crippen LogP contribution in [0.4, 0.5) is 0 Å². The van der Waals surface area contributed by atoms with Crippen LogP contribution in [-0.2, 0) is 11.2 Å². The molecule has 5 heteroatoms. The largest absolute Gasteiger partial charge is 0.396 e. The van der Waals surface area contributed by atoms with Crippen LogP contribution >= 0.6 is 0 Å². The highest BCUT2D eigenvalue weighted by atomic mass is 16.3. The predicted molar refractivity (Wildman–Crippen MR) is 78.4 cm³/mol. The molecule has 0 radical (unpaired) electrons. The Bertz CT molecular complexity index is 502. The third-order valence-corrected chi connectivity index (χ3v) is 5.37. The second-order valence-corrected chi connectivity index (χ2v) is 6.32. The number of aliphatic hydroxyl groups excluding tert-OH is 1. The highest BCUT2D eigenvalue weighted by molar-refractivity contribution is 5.78. The number of amides is 1. The number of carbonyl (C=O) groups is 1. The number of fused-ring (bicyclic) bond motifs is 2. The molecule has 2 aliphatic rings. The van der Waals surface area contributed by atoms with Gasteiger partial charge in [-0.1, -0.05) is 6.92 Å². The zero-order chi connectivity index (χ0) is 14.9. The lowest BCUT2D eigenvalue weighted by molar-refractivity contribution is -0.133. The van der Waals surface area contributed by atoms with Gasteiger partial charge >= 0.3 is 0 Å². The van der Waals surface area contributed by atoms with Crippen molar-refractivity contribution in [3.05, 3.63) is 24.3 Å². The average Bonchev–Trinajstić information content (AvgIpc) is 3.09. The van der Waals surface area contributed by atoms with Crippen LogP contribution in [0.25, 0.3) is 0 Å². The molecule has 2 bridgehead atoms. The summed E-state index contributed by atoms with van der Waals surface area (Å²) in [4.78, 5) is 22.9. The number of hydrogen-bond acceptors (Lipinski definition) is 4. The summed E-state index contributed by atoms with van der Waals surface area (Å²) in [6.45, 7) is 2.32. The van der Waals surface area contributed by atoms with Crippen molar-refractivity contribution in [1.82, 2.24) is 14.9 Å². The minimum atomic E-state index is -0.0644. The molecule has 1 aromatic rings. The molecule has 0 aromatic carbocycles. The molecule has 0 spiro atoms. The number of carbonyl (C=O) groups excluding carboxylic acids is 1. The van der Waals surface area contributed by atoms with E-state index in [1.807, 2.05) is 0 Å². The lowest BCUT2D eigenvalue weighted by Gasteiger charge is -2.34. The van der Waals surface area contributed by atoms with Crippen LogP contribution in [0.2, 0.25) is 0 Å². The SMILES string of the molecule is CC[C@]1(CO)C[C@H]2CC[C@@H]1N2C(=O)CCc1cnccn1. The first-order chi connectivity index (χ1) is 10.2. The van der Waals surface area contributed by atoms with E-state index in [2.05, 4.69) is 21.8 Å². The molecule has 0 aliphatic carbocycles. The highest BCUT2D eigenvalue weighted by Gasteiger charge is 2.55. The molecule has 5 nitrogen and oxygen atoms in total. The van der Waals surface area contributed by atoms with Gasteiger partial charge in [-0.3, -0.25) is 14.8 Å². The van der Waals surface area contributed by atoms with E-state index in [1.165, 1.54) is 0 Å². The van der Waals surface area contributed by atoms with Gasteiger partial charge in [-0.25, -0.2) is 0 Å². The van der Waals surface area contributed by atoms with Crippen LogP contribution in [0.3, 0.4) is 0 Å². The summed E-state index contributed by atoms with van der Waals surface area (Å²) in [5.74, 6) is 0.205. The molecule has 2 saturated heterocycles. The van der Waals surface area contributed by atoms with E-state index in [9.17, 15) is 9.90 Å². The molecule has 2 fully saturated rings. The smallest absolute Gasteiger partial charge is 0.223 e. The van der Waals surface area contributed by atoms with Gasteiger partial charge in [0.1, 0.15) is 0 Å². The molecule has 1 N–H and O–H groups in total. The minimum absolute atomic E-state index is 0.0644. The Kier molecular flexibility index (Phi) is 3.93. The second-order valence-electron chi connectivity index (χ2n) is 6.32. The molecule has 3 rings (SSSR count). The molecular formula is C16H23N3O2. The summed E-state index contributed by atoms with van der Waals surface area (Å²) in [5.41, 5.74) is 0.798. The van der Waals surface area contributed by atoms with E-state index in [4.69, 9.17) is 0 Å². The first-order valence-electron chi connectivity index (χ1n) is 7.87. The van der Waals surface area contributed by atoms with Crippen LogP contribution in [0.5, 0.6) is 0 Å². The Hall–Kier alpha value is -1.49. The molecule has 1 aromatic heterocycles. The standard InChI is InChI=1S/C16H23N3O2/c1-2-16(11-20)9-13-4-5-14(16)19(13)15(21)6-3-12-10-17-7-8-18-12/h7-8,10,13-14,20H,2-6,9,11H2,1H3/t13-,14+,16-/m1/s1. The van der Waals surface area contributed by atoms with Crippen molar-refractivity contribution in [2.24, 2.45) is 5.41 Å². The van der Waals surface area contributed by atoms with Crippen molar-refractivity contribution < 1.29 is 9.90 Å². The third kappa shape index (κ3) is 2.44. The van der Waals surface area contributed by atoms with Crippen molar-refractivity contribution >= 4 is 5.91 Å². The van der Waals surface area contributed by atoms with Gasteiger partial charge in [0.2, 0.25) is 5.91 Å². The summed E-state index contributed by atoms with van der Waals surface area (Å²) in [7, 11) is 0. The normalized spacial score (nSPS) is 30.9. The van der Waals surface area contributed by atoms with Gasteiger partial charge < -0.3 is 10.0 Å². The zero-order valence-electron chi connectivity index (χ0n) is 12.5. The maximum absolute atomic E-state index is 12.6. The number of aromatic nitrogens is 2. The van der Waals surface area contributed by atoms with Crippen molar-refractivity contribution in [2.75, 3.05) is 6.61 Å². The maximum atomic E-state index is 12.6. The van der Waals surface area contributed by atoms with E-state index in [-0.39, 0.29) is 24.0 Å². The van der Waals surface area contributed by atoms with Crippen LogP contribution in [0, 0.1) is 5.41 Å². The Morgan fingerprint density at radius 1 is 1.48 bits per heavy atom. The lowest BCUT2D eigenvalue weighted by Crippen LogP contribution is -2.42. The first kappa shape index (κ1) is 14.4. The van der Waals surface area contributed by atoms with Crippen LogP contribution in [-0.4, -0.2) is 44.6 Å². The van der Waals surface area contributed by atoms with Gasteiger partial charge in [0.25, 0.3) is 0 Å². The molecule has 3 atom stereocenters. The summed E-state index contributed by atoms with van der Waals surface area (Å²) in [6, 6.07) is 0.559. The second kappa shape index (κ2) is 5.72. The van der Waals surface area contributed by atoms with E-state index in [1.54, 1.807) is 18.6 Å². The van der Waals surface area contributed by atoms with Crippen molar-refractivity contribution in [3.8, 4) is 0 Å². The van der Waals surface area contributed by atoms with E-state index < -0.39 is 0 Å². The fraction of sp³-hybridized carbons (Fsp3) is 0.688. The Morgan fingerprint density at radius 3 is 2.95 bits per heavy atom. The van der Waals surface area contributed by atoms with Crippen molar-refractivity contribution in [3.63, 3.8) is 0 Å². The van der Waals surface area contributed by atoms with Gasteiger partial charge in [0.15, 0.2) is 0 Å². The Morgan fingerprint density at radius 2 is 2.33 bits per heavy atom. The van der Waals surface area contributed by atoms with Crippen LogP contribution in [0.15, 0.2) is 18.6 Å². The third-order valence-electron chi connectivity index (χ3n) is 5.37. The molecule has 1 amide bonds. The van der Waals surface area contributed by atoms with Crippen molar-refractivity contribution in [2.45, 2.75) is 57.5 Å². The number of nitrogens with zero attached hydrogens (tertiary/aromatic N) is 3. The minimum Gasteiger partial charge on any atom is -0.396 e. The highest BCUT2D eigenvalue weighted by Crippen LogP contribution is 2.51. The molecule has 3 heterocycles. The quantitative estimate of drug-likeness (QED) is 0.893. The van der Waals surface area contributed by atoms with Gasteiger partial charge in [0, 0.05) is 42.5 Å². The molecule has 21 heavy (non-hydrogen) atoms. The fourth-order valence-electron chi connectivity index (χ4n) is 4.15. The lowest BCUT2D eigenvalue weighted by atomic mass is 9.72. The number of aryl methyl sites for hydroxylation is 1. The Labute approximate surface area is 125 Å². The van der Waals surface area contributed by atoms with E-state index in [0.29, 0.717) is 18.9 Å². The van der Waals surface area contributed by atoms with Gasteiger partial charge in [0.05, 0.1) is 12.3 Å². The number of aliphatic hydroxyl groups is 1. The van der Waals surface area contributed by atoms with Crippen LogP contribution < -0.4 is 0 Å². The van der Waals surface area contributed by atoms with E-state index >= 15 is 0 Å². The molecule has 2 aliphatic heterocycles. The summed E-state index contributed by atoms with van der Waals surface area (Å²) < 4.78 is 0. The van der Waals surface area contributed by atoms with Gasteiger partial charge in [-0.15, -0.1) is 0 Å². The summed E-state index contributed by atoms with van der Waals surface area (Å²) >= 11 is 0. The first-order valence-corrected chi connectivity index (χ1v) is 7.87. The van der Waals surface area contributed by atoms with Crippen molar-refractivity contribution in [1.29, 1.82) is 0 Å². The number of hydrogen-bond donors (Lipinski definition) is 1. The monoisotopic (exact) mass is 289 g/mol. The van der Waals surface area contributed by atoms with Gasteiger partial charge in [-0.05, 0) is 32.1 Å². The molecule has 114 valence electrons. The topological polar surface area (TPSA) is 66.3 Å². The number of rotatable bonds is 5. The Balaban J connectivity index is 1.66. The molecule has 0 unspecified atom stereocenters. The fourth-order valence-corrected chi connectivity index (χ4v) is 4.15. The van der Waals surface area contributed by atoms with E-state index in [0.717, 1.165) is 31.4 Å². The summed E-state index contributed by atoms with van der Waals surface area (Å²) in [6.07, 6.45) is 10.2. The predicted octanol–water partition coefficient (Wildman–Crippen LogP) is 1.56. The van der Waals surface area contributed by atoms with Crippen LogP contribution in [0.1, 0.15) is 44.7 Å². The molecule has 0 saturated carbocycles. The zero-order valence-corrected chi connectivity index (χ0v) is 12.5.